The number of aromatic amines is 1. The number of Topliss-reactive ketones (excluding diaryl/α,β-unsaturated/α-hetero) is 3. The summed E-state index contributed by atoms with van der Waals surface area (Å²) >= 11 is 0. The molecule has 54 heavy (non-hydrogen) atoms. The molecule has 0 spiro atoms. The zero-order chi connectivity index (χ0) is 40.0. The van der Waals surface area contributed by atoms with Crippen LogP contribution in [0.3, 0.4) is 0 Å². The Bertz CT molecular complexity index is 1970. The first-order valence-electron chi connectivity index (χ1n) is 18.3. The quantitative estimate of drug-likeness (QED) is 0.129. The first kappa shape index (κ1) is 40.4. The van der Waals surface area contributed by atoms with Gasteiger partial charge in [0.1, 0.15) is 17.9 Å². The number of nitrogens with one attached hydrogen (secondary N) is 1. The first-order valence-corrected chi connectivity index (χ1v) is 18.3. The molecule has 286 valence electrons. The maximum atomic E-state index is 13.3. The van der Waals surface area contributed by atoms with E-state index in [0.29, 0.717) is 38.9 Å². The lowest BCUT2D eigenvalue weighted by molar-refractivity contribution is -0.0944. The van der Waals surface area contributed by atoms with Crippen molar-refractivity contribution in [1.82, 2.24) is 9.55 Å². The van der Waals surface area contributed by atoms with E-state index in [1.165, 1.54) is 10.8 Å². The lowest BCUT2D eigenvalue weighted by Gasteiger charge is -2.37. The number of aromatic nitrogens is 2. The number of hydrogen-bond acceptors (Lipinski definition) is 8. The Balaban J connectivity index is 1.66. The number of aliphatic hydroxyl groups excluding tert-OH is 1. The molecule has 10 heteroatoms. The Labute approximate surface area is 316 Å². The second-order valence-electron chi connectivity index (χ2n) is 17.4. The molecule has 1 aliphatic rings. The van der Waals surface area contributed by atoms with E-state index in [9.17, 15) is 29.1 Å². The van der Waals surface area contributed by atoms with Crippen molar-refractivity contribution in [2.75, 3.05) is 6.61 Å². The van der Waals surface area contributed by atoms with Crippen LogP contribution < -0.4 is 11.2 Å². The average molecular weight is 737 g/mol. The maximum Gasteiger partial charge on any atom is 0.330 e. The van der Waals surface area contributed by atoms with Crippen LogP contribution >= 0.6 is 0 Å². The number of rotatable bonds is 10. The van der Waals surface area contributed by atoms with Crippen LogP contribution in [-0.4, -0.2) is 50.8 Å². The van der Waals surface area contributed by atoms with Crippen molar-refractivity contribution >= 4 is 17.3 Å². The van der Waals surface area contributed by atoms with Gasteiger partial charge >= 0.3 is 5.69 Å². The summed E-state index contributed by atoms with van der Waals surface area (Å²) in [5.74, 6) is -0.0919. The molecule has 5 rings (SSSR count). The van der Waals surface area contributed by atoms with Gasteiger partial charge in [-0.1, -0.05) is 135 Å². The lowest BCUT2D eigenvalue weighted by atomic mass is 9.77. The zero-order valence-corrected chi connectivity index (χ0v) is 32.9. The number of benzene rings is 3. The SMILES string of the molecule is Cc1cn([C@H]2C[C@H](O)[C@@H](COC(c3ccc(C(=O)C(C)(C)C)cc3)(c3ccc(C(=O)C(C)(C)C)cc3)c3ccc(C(=O)C(C)(C)C)cc3)O2)c(=O)[nH]c1=O. The van der Waals surface area contributed by atoms with Crippen molar-refractivity contribution in [3.8, 4) is 0 Å². The molecule has 0 aliphatic carbocycles. The largest absolute Gasteiger partial charge is 0.390 e. The second-order valence-corrected chi connectivity index (χ2v) is 17.4. The van der Waals surface area contributed by atoms with Gasteiger partial charge in [-0.3, -0.25) is 28.7 Å². The molecular weight excluding hydrogens is 684 g/mol. The highest BCUT2D eigenvalue weighted by molar-refractivity contribution is 6.01. The van der Waals surface area contributed by atoms with Crippen molar-refractivity contribution in [1.29, 1.82) is 0 Å². The lowest BCUT2D eigenvalue weighted by Crippen LogP contribution is -2.38. The van der Waals surface area contributed by atoms with Crippen LogP contribution in [0.15, 0.2) is 88.6 Å². The molecule has 1 aromatic heterocycles. The minimum atomic E-state index is -1.40. The molecule has 1 aliphatic heterocycles. The topological polar surface area (TPSA) is 145 Å². The van der Waals surface area contributed by atoms with Gasteiger partial charge in [0.2, 0.25) is 0 Å². The van der Waals surface area contributed by atoms with E-state index in [-0.39, 0.29) is 30.4 Å². The minimum absolute atomic E-state index is 0.0306. The standard InChI is InChI=1S/C44H52N2O8/c1-26-24-46(40(52)45-39(26)51)35-23-33(47)34(54-35)25-53-44(30-17-11-27(12-18-30)36(48)41(2,3)4,31-19-13-28(14-20-31)37(49)42(5,6)7)32-21-15-29(16-22-32)38(50)43(8,9)10/h11-22,24,33-35,47H,23,25H2,1-10H3,(H,45,51,52)/t33-,34+,35+/m0/s1. The molecule has 2 heterocycles. The summed E-state index contributed by atoms with van der Waals surface area (Å²) in [5.41, 5.74) is -0.555. The van der Waals surface area contributed by atoms with Crippen LogP contribution in [0, 0.1) is 23.2 Å². The third-order valence-electron chi connectivity index (χ3n) is 9.83. The van der Waals surface area contributed by atoms with Crippen molar-refractivity contribution in [2.45, 2.75) is 99.7 Å². The van der Waals surface area contributed by atoms with Gasteiger partial charge in [0.05, 0.1) is 12.7 Å². The van der Waals surface area contributed by atoms with Crippen LogP contribution in [0.2, 0.25) is 0 Å². The van der Waals surface area contributed by atoms with Crippen molar-refractivity contribution < 1.29 is 29.0 Å². The summed E-state index contributed by atoms with van der Waals surface area (Å²) in [4.78, 5) is 66.9. The summed E-state index contributed by atoms with van der Waals surface area (Å²) in [6, 6.07) is 21.6. The summed E-state index contributed by atoms with van der Waals surface area (Å²) in [7, 11) is 0. The Hall–Kier alpha value is -4.77. The van der Waals surface area contributed by atoms with Gasteiger partial charge in [-0.25, -0.2) is 4.79 Å². The molecule has 0 amide bonds. The number of nitrogens with zero attached hydrogens (tertiary/aromatic N) is 1. The summed E-state index contributed by atoms with van der Waals surface area (Å²) < 4.78 is 14.5. The van der Waals surface area contributed by atoms with E-state index in [2.05, 4.69) is 4.98 Å². The first-order chi connectivity index (χ1) is 25.0. The van der Waals surface area contributed by atoms with Crippen LogP contribution in [-0.2, 0) is 15.1 Å². The molecule has 0 unspecified atom stereocenters. The highest BCUT2D eigenvalue weighted by Crippen LogP contribution is 2.43. The summed E-state index contributed by atoms with van der Waals surface area (Å²) in [6.45, 7) is 18.2. The number of aliphatic hydroxyl groups is 1. The third kappa shape index (κ3) is 8.16. The van der Waals surface area contributed by atoms with E-state index in [1.54, 1.807) is 43.3 Å². The molecule has 1 saturated heterocycles. The van der Waals surface area contributed by atoms with Gasteiger partial charge in [-0.15, -0.1) is 0 Å². The molecule has 0 bridgehead atoms. The predicted octanol–water partition coefficient (Wildman–Crippen LogP) is 7.19. The fraction of sp³-hybridized carbons (Fsp3) is 0.432. The molecule has 0 saturated carbocycles. The van der Waals surface area contributed by atoms with Crippen LogP contribution in [0.5, 0.6) is 0 Å². The summed E-state index contributed by atoms with van der Waals surface area (Å²) in [6.07, 6.45) is -1.30. The molecule has 0 radical (unpaired) electrons. The maximum absolute atomic E-state index is 13.3. The highest BCUT2D eigenvalue weighted by atomic mass is 16.6. The molecule has 4 aromatic rings. The number of ether oxygens (including phenoxy) is 2. The van der Waals surface area contributed by atoms with Gasteiger partial charge in [0.25, 0.3) is 5.56 Å². The smallest absolute Gasteiger partial charge is 0.330 e. The second kappa shape index (κ2) is 14.8. The predicted molar refractivity (Wildman–Crippen MR) is 207 cm³/mol. The van der Waals surface area contributed by atoms with Gasteiger partial charge < -0.3 is 14.6 Å². The summed E-state index contributed by atoms with van der Waals surface area (Å²) in [5, 5.41) is 11.3. The fourth-order valence-corrected chi connectivity index (χ4v) is 6.66. The minimum Gasteiger partial charge on any atom is -0.390 e. The van der Waals surface area contributed by atoms with Crippen molar-refractivity contribution in [3.05, 3.63) is 139 Å². The molecule has 10 nitrogen and oxygen atoms in total. The Morgan fingerprint density at radius 3 is 1.43 bits per heavy atom. The Morgan fingerprint density at radius 1 is 0.704 bits per heavy atom. The molecule has 3 atom stereocenters. The van der Waals surface area contributed by atoms with E-state index in [0.717, 1.165) is 0 Å². The van der Waals surface area contributed by atoms with Crippen LogP contribution in [0.1, 0.15) is 128 Å². The Kier molecular flexibility index (Phi) is 11.1. The number of hydrogen-bond donors (Lipinski definition) is 2. The zero-order valence-electron chi connectivity index (χ0n) is 32.9. The molecule has 1 fully saturated rings. The van der Waals surface area contributed by atoms with E-state index in [1.807, 2.05) is 98.7 Å². The van der Waals surface area contributed by atoms with Gasteiger partial charge in [-0.05, 0) is 23.6 Å². The molecule has 2 N–H and O–H groups in total. The van der Waals surface area contributed by atoms with Crippen LogP contribution in [0.4, 0.5) is 0 Å². The average Bonchev–Trinajstić information content (AvgIpc) is 3.48. The number of ketones is 3. The number of aryl methyl sites for hydroxylation is 1. The van der Waals surface area contributed by atoms with Crippen LogP contribution in [0.25, 0.3) is 0 Å². The fourth-order valence-electron chi connectivity index (χ4n) is 6.66. The van der Waals surface area contributed by atoms with E-state index in [4.69, 9.17) is 9.47 Å². The number of H-pyrrole nitrogens is 1. The third-order valence-corrected chi connectivity index (χ3v) is 9.83. The van der Waals surface area contributed by atoms with Crippen molar-refractivity contribution in [2.24, 2.45) is 16.2 Å². The molecule has 3 aromatic carbocycles. The highest BCUT2D eigenvalue weighted by Gasteiger charge is 2.43. The number of carbonyl (C=O) groups excluding carboxylic acids is 3. The van der Waals surface area contributed by atoms with E-state index < -0.39 is 51.5 Å². The van der Waals surface area contributed by atoms with Gasteiger partial charge in [0, 0.05) is 51.1 Å². The molecular formula is C44H52N2O8. The van der Waals surface area contributed by atoms with E-state index >= 15 is 0 Å². The van der Waals surface area contributed by atoms with Crippen molar-refractivity contribution in [3.63, 3.8) is 0 Å². The Morgan fingerprint density at radius 2 is 1.07 bits per heavy atom. The van der Waals surface area contributed by atoms with Gasteiger partial charge in [-0.2, -0.15) is 0 Å². The van der Waals surface area contributed by atoms with Gasteiger partial charge in [0.15, 0.2) is 17.3 Å². The number of carbonyl (C=O) groups is 3. The monoisotopic (exact) mass is 736 g/mol. The normalized spacial score (nSPS) is 18.1.